The van der Waals surface area contributed by atoms with Crippen molar-refractivity contribution in [1.29, 1.82) is 0 Å². The fourth-order valence-electron chi connectivity index (χ4n) is 1.64. The van der Waals surface area contributed by atoms with Gasteiger partial charge in [-0.15, -0.1) is 0 Å². The van der Waals surface area contributed by atoms with Crippen LogP contribution >= 0.6 is 11.6 Å². The molecular formula is C14H11ClFN3O2. The highest BCUT2D eigenvalue weighted by Crippen LogP contribution is 2.23. The number of carbonyl (C=O) groups excluding carboxylic acids is 1. The fourth-order valence-corrected chi connectivity index (χ4v) is 1.85. The first-order valence-electron chi connectivity index (χ1n) is 5.85. The summed E-state index contributed by atoms with van der Waals surface area (Å²) < 4.78 is 12.9. The molecule has 2 aromatic carbocycles. The zero-order valence-electron chi connectivity index (χ0n) is 10.7. The number of rotatable bonds is 3. The van der Waals surface area contributed by atoms with Gasteiger partial charge in [0.05, 0.1) is 10.7 Å². The van der Waals surface area contributed by atoms with Crippen LogP contribution in [0.3, 0.4) is 0 Å². The molecule has 0 radical (unpaired) electrons. The first kappa shape index (κ1) is 14.8. The van der Waals surface area contributed by atoms with Crippen LogP contribution in [-0.4, -0.2) is 17.0 Å². The molecule has 0 atom stereocenters. The lowest BCUT2D eigenvalue weighted by Gasteiger charge is -2.07. The summed E-state index contributed by atoms with van der Waals surface area (Å²) in [6, 6.07) is 9.79. The molecule has 7 heteroatoms. The number of carbonyl (C=O) groups is 1. The molecule has 0 aliphatic rings. The Hall–Kier alpha value is -2.60. The average molecular weight is 308 g/mol. The van der Waals surface area contributed by atoms with Crippen LogP contribution in [0.1, 0.15) is 15.9 Å². The Bertz CT molecular complexity index is 702. The molecule has 2 rings (SSSR count). The average Bonchev–Trinajstić information content (AvgIpc) is 2.49. The lowest BCUT2D eigenvalue weighted by Crippen LogP contribution is -2.15. The molecule has 21 heavy (non-hydrogen) atoms. The summed E-state index contributed by atoms with van der Waals surface area (Å²) in [6.07, 6.45) is 0. The third-order valence-electron chi connectivity index (χ3n) is 2.73. The van der Waals surface area contributed by atoms with Crippen molar-refractivity contribution in [2.75, 3.05) is 5.32 Å². The van der Waals surface area contributed by atoms with Gasteiger partial charge >= 0.3 is 0 Å². The molecule has 0 unspecified atom stereocenters. The van der Waals surface area contributed by atoms with Crippen molar-refractivity contribution in [2.45, 2.75) is 0 Å². The van der Waals surface area contributed by atoms with E-state index in [4.69, 9.17) is 22.5 Å². The van der Waals surface area contributed by atoms with Gasteiger partial charge in [0.25, 0.3) is 5.91 Å². The van der Waals surface area contributed by atoms with Crippen LogP contribution in [0.5, 0.6) is 0 Å². The van der Waals surface area contributed by atoms with Crippen LogP contribution in [0.2, 0.25) is 5.02 Å². The number of halogens is 2. The molecule has 1 amide bonds. The van der Waals surface area contributed by atoms with Crippen LogP contribution < -0.4 is 11.1 Å². The molecule has 0 heterocycles. The van der Waals surface area contributed by atoms with E-state index in [-0.39, 0.29) is 10.9 Å². The Balaban J connectivity index is 2.17. The van der Waals surface area contributed by atoms with E-state index in [1.165, 1.54) is 36.4 Å². The number of amidine groups is 1. The topological polar surface area (TPSA) is 87.7 Å². The van der Waals surface area contributed by atoms with E-state index < -0.39 is 11.7 Å². The molecule has 4 N–H and O–H groups in total. The fraction of sp³-hybridized carbons (Fsp3) is 0. The second kappa shape index (κ2) is 6.23. The number of oxime groups is 1. The molecule has 0 aliphatic carbocycles. The maximum atomic E-state index is 12.9. The minimum absolute atomic E-state index is 0.0523. The van der Waals surface area contributed by atoms with Crippen LogP contribution in [0.4, 0.5) is 10.1 Å². The van der Waals surface area contributed by atoms with Crippen LogP contribution in [0, 0.1) is 5.82 Å². The maximum Gasteiger partial charge on any atom is 0.255 e. The molecule has 0 saturated heterocycles. The SMILES string of the molecule is N/C(=N\O)c1ccc(C(=O)Nc2ccc(F)cc2Cl)cc1. The quantitative estimate of drug-likeness (QED) is 0.352. The summed E-state index contributed by atoms with van der Waals surface area (Å²) in [5.41, 5.74) is 6.57. The van der Waals surface area contributed by atoms with E-state index in [0.29, 0.717) is 16.8 Å². The van der Waals surface area contributed by atoms with Crippen LogP contribution in [0.25, 0.3) is 0 Å². The van der Waals surface area contributed by atoms with Gasteiger partial charge in [-0.3, -0.25) is 4.79 Å². The number of nitrogens with zero attached hydrogens (tertiary/aromatic N) is 1. The zero-order valence-corrected chi connectivity index (χ0v) is 11.4. The van der Waals surface area contributed by atoms with Crippen molar-refractivity contribution in [3.05, 3.63) is 64.4 Å². The molecule has 0 bridgehead atoms. The first-order chi connectivity index (χ1) is 10.0. The van der Waals surface area contributed by atoms with Gasteiger partial charge < -0.3 is 16.3 Å². The summed E-state index contributed by atoms with van der Waals surface area (Å²) in [6.45, 7) is 0. The number of benzene rings is 2. The standard InChI is InChI=1S/C14H11ClFN3O2/c15-11-7-10(16)5-6-12(11)18-14(20)9-3-1-8(2-4-9)13(17)19-21/h1-7,21H,(H2,17,19)(H,18,20). The predicted molar refractivity (Wildman–Crippen MR) is 78.3 cm³/mol. The van der Waals surface area contributed by atoms with E-state index in [0.717, 1.165) is 6.07 Å². The summed E-state index contributed by atoms with van der Waals surface area (Å²) in [4.78, 5) is 12.0. The highest BCUT2D eigenvalue weighted by atomic mass is 35.5. The van der Waals surface area contributed by atoms with E-state index >= 15 is 0 Å². The maximum absolute atomic E-state index is 12.9. The van der Waals surface area contributed by atoms with Gasteiger partial charge in [0.1, 0.15) is 5.82 Å². The minimum Gasteiger partial charge on any atom is -0.409 e. The smallest absolute Gasteiger partial charge is 0.255 e. The molecule has 0 saturated carbocycles. The second-order valence-corrected chi connectivity index (χ2v) is 4.55. The Labute approximate surface area is 124 Å². The van der Waals surface area contributed by atoms with Crippen LogP contribution in [-0.2, 0) is 0 Å². The van der Waals surface area contributed by atoms with E-state index in [1.54, 1.807) is 0 Å². The molecule has 2 aromatic rings. The van der Waals surface area contributed by atoms with Crippen molar-refractivity contribution in [2.24, 2.45) is 10.9 Å². The number of amides is 1. The van der Waals surface area contributed by atoms with Gasteiger partial charge in [0.15, 0.2) is 5.84 Å². The lowest BCUT2D eigenvalue weighted by atomic mass is 10.1. The lowest BCUT2D eigenvalue weighted by molar-refractivity contribution is 0.102. The highest BCUT2D eigenvalue weighted by molar-refractivity contribution is 6.33. The van der Waals surface area contributed by atoms with Gasteiger partial charge in [-0.25, -0.2) is 4.39 Å². The first-order valence-corrected chi connectivity index (χ1v) is 6.23. The summed E-state index contributed by atoms with van der Waals surface area (Å²) >= 11 is 5.83. The minimum atomic E-state index is -0.485. The molecule has 0 spiro atoms. The van der Waals surface area contributed by atoms with Crippen molar-refractivity contribution in [3.8, 4) is 0 Å². The molecule has 5 nitrogen and oxygen atoms in total. The Morgan fingerprint density at radius 3 is 2.38 bits per heavy atom. The van der Waals surface area contributed by atoms with Crippen molar-refractivity contribution in [3.63, 3.8) is 0 Å². The van der Waals surface area contributed by atoms with Gasteiger partial charge in [-0.1, -0.05) is 28.9 Å². The number of anilines is 1. The normalized spacial score (nSPS) is 11.2. The Kier molecular flexibility index (Phi) is 4.39. The predicted octanol–water partition coefficient (Wildman–Crippen LogP) is 2.83. The zero-order chi connectivity index (χ0) is 15.4. The van der Waals surface area contributed by atoms with Crippen molar-refractivity contribution >= 4 is 29.0 Å². The number of nitrogens with one attached hydrogen (secondary N) is 1. The monoisotopic (exact) mass is 307 g/mol. The third-order valence-corrected chi connectivity index (χ3v) is 3.04. The third kappa shape index (κ3) is 3.49. The van der Waals surface area contributed by atoms with Gasteiger partial charge in [-0.2, -0.15) is 0 Å². The van der Waals surface area contributed by atoms with E-state index in [2.05, 4.69) is 10.5 Å². The number of hydrogen-bond acceptors (Lipinski definition) is 3. The Morgan fingerprint density at radius 1 is 1.19 bits per heavy atom. The number of nitrogens with two attached hydrogens (primary N) is 1. The summed E-state index contributed by atoms with van der Waals surface area (Å²) in [5, 5.41) is 14.1. The van der Waals surface area contributed by atoms with Crippen molar-refractivity contribution < 1.29 is 14.4 Å². The second-order valence-electron chi connectivity index (χ2n) is 4.14. The van der Waals surface area contributed by atoms with E-state index in [9.17, 15) is 9.18 Å². The number of hydrogen-bond donors (Lipinski definition) is 3. The van der Waals surface area contributed by atoms with Gasteiger partial charge in [0, 0.05) is 11.1 Å². The van der Waals surface area contributed by atoms with Crippen molar-refractivity contribution in [1.82, 2.24) is 0 Å². The summed E-state index contributed by atoms with van der Waals surface area (Å²) in [7, 11) is 0. The van der Waals surface area contributed by atoms with E-state index in [1.807, 2.05) is 0 Å². The largest absolute Gasteiger partial charge is 0.409 e. The molecule has 0 aliphatic heterocycles. The molecule has 0 aromatic heterocycles. The molecule has 0 fully saturated rings. The van der Waals surface area contributed by atoms with Gasteiger partial charge in [-0.05, 0) is 30.3 Å². The highest BCUT2D eigenvalue weighted by Gasteiger charge is 2.09. The summed E-state index contributed by atoms with van der Waals surface area (Å²) in [5.74, 6) is -0.945. The molecule has 108 valence electrons. The van der Waals surface area contributed by atoms with Crippen LogP contribution in [0.15, 0.2) is 47.6 Å². The Morgan fingerprint density at radius 2 is 1.81 bits per heavy atom. The molecular weight excluding hydrogens is 297 g/mol. The van der Waals surface area contributed by atoms with Gasteiger partial charge in [0.2, 0.25) is 0 Å².